The first-order chi connectivity index (χ1) is 15.0. The summed E-state index contributed by atoms with van der Waals surface area (Å²) in [7, 11) is 0. The van der Waals surface area contributed by atoms with Gasteiger partial charge in [0.05, 0.1) is 6.04 Å². The van der Waals surface area contributed by atoms with Crippen molar-refractivity contribution in [3.05, 3.63) is 41.5 Å². The van der Waals surface area contributed by atoms with Crippen LogP contribution in [0.1, 0.15) is 63.3 Å². The topological polar surface area (TPSA) is 66.3 Å². The number of carbonyl (C=O) groups excluding carboxylic acids is 1. The second kappa shape index (κ2) is 9.81. The van der Waals surface area contributed by atoms with E-state index in [1.165, 1.54) is 37.2 Å². The number of aromatic nitrogens is 3. The molecule has 1 saturated heterocycles. The van der Waals surface area contributed by atoms with E-state index in [9.17, 15) is 4.79 Å². The molecule has 1 amide bonds. The van der Waals surface area contributed by atoms with Crippen molar-refractivity contribution in [2.45, 2.75) is 65.6 Å². The van der Waals surface area contributed by atoms with Gasteiger partial charge >= 0.3 is 0 Å². The third-order valence-electron chi connectivity index (χ3n) is 6.36. The first-order valence-corrected chi connectivity index (χ1v) is 11.7. The Morgan fingerprint density at radius 2 is 1.77 bits per heavy atom. The summed E-state index contributed by atoms with van der Waals surface area (Å²) < 4.78 is 2.24. The second-order valence-electron chi connectivity index (χ2n) is 9.40. The number of carbonyl (C=O) groups is 1. The van der Waals surface area contributed by atoms with Crippen LogP contribution in [-0.2, 0) is 24.3 Å². The molecular weight excluding hydrogens is 388 g/mol. The minimum atomic E-state index is -0.0802. The lowest BCUT2D eigenvalue weighted by atomic mass is 10.0. The van der Waals surface area contributed by atoms with E-state index in [-0.39, 0.29) is 11.9 Å². The molecule has 31 heavy (non-hydrogen) atoms. The van der Waals surface area contributed by atoms with Crippen LogP contribution in [0.5, 0.6) is 0 Å². The van der Waals surface area contributed by atoms with Gasteiger partial charge in [0, 0.05) is 58.3 Å². The summed E-state index contributed by atoms with van der Waals surface area (Å²) in [6, 6.07) is 9.02. The quantitative estimate of drug-likeness (QED) is 0.740. The van der Waals surface area contributed by atoms with Gasteiger partial charge in [0.2, 0.25) is 5.91 Å². The SMILES string of the molecule is CC(=O)NC(CC(C)C)c1nnc2n1CCN(Cc1ccc(N3CCCC3)cc1)CC2. The van der Waals surface area contributed by atoms with E-state index in [4.69, 9.17) is 0 Å². The van der Waals surface area contributed by atoms with Crippen LogP contribution in [0.25, 0.3) is 0 Å². The monoisotopic (exact) mass is 424 g/mol. The van der Waals surface area contributed by atoms with Crippen molar-refractivity contribution in [1.82, 2.24) is 25.0 Å². The van der Waals surface area contributed by atoms with Crippen molar-refractivity contribution >= 4 is 11.6 Å². The molecule has 2 aliphatic heterocycles. The number of hydrogen-bond acceptors (Lipinski definition) is 5. The van der Waals surface area contributed by atoms with Gasteiger partial charge in [-0.1, -0.05) is 26.0 Å². The summed E-state index contributed by atoms with van der Waals surface area (Å²) in [4.78, 5) is 16.7. The van der Waals surface area contributed by atoms with Crippen molar-refractivity contribution in [2.24, 2.45) is 5.92 Å². The minimum absolute atomic E-state index is 0.0179. The van der Waals surface area contributed by atoms with Crippen LogP contribution in [0.2, 0.25) is 0 Å². The number of hydrogen-bond donors (Lipinski definition) is 1. The standard InChI is InChI=1S/C24H36N6O/c1-18(2)16-22(25-19(3)31)24-27-26-23-10-13-28(14-15-30(23)24)17-20-6-8-21(9-7-20)29-11-4-5-12-29/h6-9,18,22H,4-5,10-17H2,1-3H3,(H,25,31). The van der Waals surface area contributed by atoms with E-state index >= 15 is 0 Å². The molecule has 168 valence electrons. The van der Waals surface area contributed by atoms with Crippen LogP contribution in [0.4, 0.5) is 5.69 Å². The molecule has 0 spiro atoms. The van der Waals surface area contributed by atoms with E-state index in [0.29, 0.717) is 5.92 Å². The molecule has 7 heteroatoms. The van der Waals surface area contributed by atoms with Crippen molar-refractivity contribution < 1.29 is 4.79 Å². The molecule has 2 aliphatic rings. The van der Waals surface area contributed by atoms with E-state index in [0.717, 1.165) is 50.7 Å². The summed E-state index contributed by atoms with van der Waals surface area (Å²) in [5.74, 6) is 2.38. The number of rotatable bonds is 7. The maximum Gasteiger partial charge on any atom is 0.217 e. The van der Waals surface area contributed by atoms with Crippen LogP contribution in [0, 0.1) is 5.92 Å². The molecule has 4 rings (SSSR count). The Labute approximate surface area is 185 Å². The van der Waals surface area contributed by atoms with Gasteiger partial charge in [0.15, 0.2) is 5.82 Å². The van der Waals surface area contributed by atoms with Crippen molar-refractivity contribution in [3.63, 3.8) is 0 Å². The summed E-state index contributed by atoms with van der Waals surface area (Å²) in [5.41, 5.74) is 2.71. The molecule has 1 fully saturated rings. The van der Waals surface area contributed by atoms with Crippen LogP contribution in [-0.4, -0.2) is 51.8 Å². The van der Waals surface area contributed by atoms with Crippen molar-refractivity contribution in [3.8, 4) is 0 Å². The van der Waals surface area contributed by atoms with Gasteiger partial charge in [-0.2, -0.15) is 0 Å². The van der Waals surface area contributed by atoms with E-state index in [1.807, 2.05) is 0 Å². The fraction of sp³-hybridized carbons (Fsp3) is 0.625. The summed E-state index contributed by atoms with van der Waals surface area (Å²) >= 11 is 0. The smallest absolute Gasteiger partial charge is 0.217 e. The molecule has 0 radical (unpaired) electrons. The van der Waals surface area contributed by atoms with E-state index in [2.05, 4.69) is 68.0 Å². The van der Waals surface area contributed by atoms with Gasteiger partial charge in [0.25, 0.3) is 0 Å². The van der Waals surface area contributed by atoms with Crippen LogP contribution in [0.3, 0.4) is 0 Å². The number of amides is 1. The predicted molar refractivity (Wildman–Crippen MR) is 123 cm³/mol. The third-order valence-corrected chi connectivity index (χ3v) is 6.36. The Morgan fingerprint density at radius 3 is 2.45 bits per heavy atom. The van der Waals surface area contributed by atoms with Crippen molar-refractivity contribution in [1.29, 1.82) is 0 Å². The Balaban J connectivity index is 1.40. The average Bonchev–Trinajstić information content (AvgIpc) is 3.36. The zero-order valence-corrected chi connectivity index (χ0v) is 19.2. The molecule has 1 aromatic heterocycles. The summed E-state index contributed by atoms with van der Waals surface area (Å²) in [6.07, 6.45) is 4.36. The third kappa shape index (κ3) is 5.45. The highest BCUT2D eigenvalue weighted by Crippen LogP contribution is 2.24. The van der Waals surface area contributed by atoms with Crippen LogP contribution in [0.15, 0.2) is 24.3 Å². The number of nitrogens with zero attached hydrogens (tertiary/aromatic N) is 5. The van der Waals surface area contributed by atoms with Gasteiger partial charge in [-0.15, -0.1) is 10.2 Å². The number of nitrogens with one attached hydrogen (secondary N) is 1. The first-order valence-electron chi connectivity index (χ1n) is 11.7. The van der Waals surface area contributed by atoms with E-state index in [1.54, 1.807) is 6.92 Å². The lowest BCUT2D eigenvalue weighted by Crippen LogP contribution is -2.31. The maximum atomic E-state index is 11.8. The minimum Gasteiger partial charge on any atom is -0.372 e. The first kappa shape index (κ1) is 21.8. The molecule has 1 atom stereocenters. The summed E-state index contributed by atoms with van der Waals surface area (Å²) in [6.45, 7) is 12.0. The second-order valence-corrected chi connectivity index (χ2v) is 9.40. The largest absolute Gasteiger partial charge is 0.372 e. The van der Waals surface area contributed by atoms with Crippen LogP contribution < -0.4 is 10.2 Å². The molecule has 0 saturated carbocycles. The molecule has 0 bridgehead atoms. The van der Waals surface area contributed by atoms with Gasteiger partial charge in [0.1, 0.15) is 5.82 Å². The Bertz CT molecular complexity index is 869. The number of fused-ring (bicyclic) bond motifs is 1. The molecule has 7 nitrogen and oxygen atoms in total. The van der Waals surface area contributed by atoms with Crippen molar-refractivity contribution in [2.75, 3.05) is 31.1 Å². The lowest BCUT2D eigenvalue weighted by Gasteiger charge is -2.22. The van der Waals surface area contributed by atoms with Gasteiger partial charge < -0.3 is 14.8 Å². The Kier molecular flexibility index (Phi) is 6.90. The summed E-state index contributed by atoms with van der Waals surface area (Å²) in [5, 5.41) is 12.0. The van der Waals surface area contributed by atoms with Gasteiger partial charge in [-0.25, -0.2) is 0 Å². The zero-order chi connectivity index (χ0) is 21.8. The molecule has 0 aliphatic carbocycles. The average molecular weight is 425 g/mol. The predicted octanol–water partition coefficient (Wildman–Crippen LogP) is 3.16. The highest BCUT2D eigenvalue weighted by molar-refractivity contribution is 5.73. The van der Waals surface area contributed by atoms with Gasteiger partial charge in [-0.3, -0.25) is 9.69 Å². The highest BCUT2D eigenvalue weighted by Gasteiger charge is 2.25. The lowest BCUT2D eigenvalue weighted by molar-refractivity contribution is -0.119. The molecule has 1 aromatic carbocycles. The molecular formula is C24H36N6O. The Morgan fingerprint density at radius 1 is 1.03 bits per heavy atom. The number of anilines is 1. The molecule has 1 N–H and O–H groups in total. The van der Waals surface area contributed by atoms with E-state index < -0.39 is 0 Å². The number of benzene rings is 1. The Hall–Kier alpha value is -2.41. The maximum absolute atomic E-state index is 11.8. The zero-order valence-electron chi connectivity index (χ0n) is 19.2. The molecule has 1 unspecified atom stereocenters. The molecule has 3 heterocycles. The fourth-order valence-corrected chi connectivity index (χ4v) is 4.80. The van der Waals surface area contributed by atoms with Crippen LogP contribution >= 0.6 is 0 Å². The molecule has 2 aromatic rings. The normalized spacial score (nSPS) is 18.1. The highest BCUT2D eigenvalue weighted by atomic mass is 16.1. The van der Waals surface area contributed by atoms with Gasteiger partial charge in [-0.05, 0) is 42.9 Å². The fourth-order valence-electron chi connectivity index (χ4n) is 4.80.